The van der Waals surface area contributed by atoms with Crippen molar-refractivity contribution in [1.82, 2.24) is 0 Å². The van der Waals surface area contributed by atoms with E-state index in [4.69, 9.17) is 0 Å². The highest BCUT2D eigenvalue weighted by Gasteiger charge is 1.79. The molecule has 0 aliphatic heterocycles. The molecule has 0 aromatic carbocycles. The molecule has 0 heteroatoms. The van der Waals surface area contributed by atoms with Crippen LogP contribution in [0.5, 0.6) is 0 Å². The minimum atomic E-state index is 0.509. The minimum Gasteiger partial charge on any atom is -0.103 e. The second kappa shape index (κ2) is 5.44. The second-order valence-electron chi connectivity index (χ2n) is 2.30. The summed E-state index contributed by atoms with van der Waals surface area (Å²) in [5.74, 6) is 6.66. The Kier molecular flexibility index (Phi) is 5.01. The van der Waals surface area contributed by atoms with Gasteiger partial charge in [-0.2, -0.15) is 0 Å². The fraction of sp³-hybridized carbons (Fsp3) is 0.556. The van der Waals surface area contributed by atoms with E-state index in [1.165, 1.54) is 0 Å². The largest absolute Gasteiger partial charge is 0.103 e. The third-order valence-electron chi connectivity index (χ3n) is 0.864. The van der Waals surface area contributed by atoms with E-state index in [1.807, 2.05) is 6.08 Å². The Morgan fingerprint density at radius 1 is 1.56 bits per heavy atom. The van der Waals surface area contributed by atoms with Gasteiger partial charge in [0.2, 0.25) is 0 Å². The molecule has 0 fully saturated rings. The first-order valence-electron chi connectivity index (χ1n) is 3.36. The summed E-state index contributed by atoms with van der Waals surface area (Å²) >= 11 is 0. The number of hydrogen-bond acceptors (Lipinski definition) is 0. The summed E-state index contributed by atoms with van der Waals surface area (Å²) in [6.07, 6.45) is 3.87. The van der Waals surface area contributed by atoms with E-state index in [0.29, 0.717) is 5.92 Å². The predicted molar refractivity (Wildman–Crippen MR) is 42.0 cm³/mol. The van der Waals surface area contributed by atoms with Gasteiger partial charge in [-0.15, -0.1) is 18.4 Å². The molecule has 0 aromatic heterocycles. The maximum Gasteiger partial charge on any atom is 0.0146 e. The summed E-state index contributed by atoms with van der Waals surface area (Å²) in [6.45, 7) is 7.81. The van der Waals surface area contributed by atoms with Crippen molar-refractivity contribution in [3.8, 4) is 11.8 Å². The van der Waals surface area contributed by atoms with Gasteiger partial charge in [-0.3, -0.25) is 0 Å². The average Bonchev–Trinajstić information content (AvgIpc) is 1.80. The number of rotatable bonds is 2. The van der Waals surface area contributed by atoms with Gasteiger partial charge >= 0.3 is 0 Å². The third-order valence-corrected chi connectivity index (χ3v) is 0.864. The molecule has 9 heavy (non-hydrogen) atoms. The van der Waals surface area contributed by atoms with Crippen molar-refractivity contribution < 1.29 is 0 Å². The highest BCUT2D eigenvalue weighted by molar-refractivity contribution is 5.01. The first-order valence-corrected chi connectivity index (χ1v) is 3.36. The molecule has 0 aliphatic rings. The van der Waals surface area contributed by atoms with Crippen LogP contribution in [0.15, 0.2) is 12.7 Å². The first kappa shape index (κ1) is 8.30. The van der Waals surface area contributed by atoms with Gasteiger partial charge in [0.15, 0.2) is 0 Å². The Labute approximate surface area is 58.0 Å². The lowest BCUT2D eigenvalue weighted by molar-refractivity contribution is 0.863. The summed E-state index contributed by atoms with van der Waals surface area (Å²) in [4.78, 5) is 0. The molecule has 0 amide bonds. The lowest BCUT2D eigenvalue weighted by Crippen LogP contribution is -1.76. The van der Waals surface area contributed by atoms with Gasteiger partial charge in [0, 0.05) is 12.3 Å². The van der Waals surface area contributed by atoms with E-state index in [9.17, 15) is 0 Å². The van der Waals surface area contributed by atoms with Crippen LogP contribution in [0, 0.1) is 17.8 Å². The quantitative estimate of drug-likeness (QED) is 0.300. The highest BCUT2D eigenvalue weighted by atomic mass is 13.8. The number of unbranched alkanes of at least 4 members (excludes halogenated alkanes) is 1. The Bertz CT molecular complexity index is 121. The molecule has 0 N–H and O–H groups in total. The molecule has 0 aromatic rings. The molecule has 0 spiro atoms. The van der Waals surface area contributed by atoms with Gasteiger partial charge in [-0.05, 0) is 6.42 Å². The number of hydrogen-bond donors (Lipinski definition) is 0. The van der Waals surface area contributed by atoms with E-state index >= 15 is 0 Å². The van der Waals surface area contributed by atoms with Crippen LogP contribution in [0.2, 0.25) is 0 Å². The maximum absolute atomic E-state index is 3.61. The predicted octanol–water partition coefficient (Wildman–Crippen LogP) is 2.61. The van der Waals surface area contributed by atoms with Crippen molar-refractivity contribution in [1.29, 1.82) is 0 Å². The molecule has 0 heterocycles. The molecule has 0 saturated carbocycles. The summed E-state index contributed by atoms with van der Waals surface area (Å²) in [6, 6.07) is 0. The zero-order chi connectivity index (χ0) is 7.11. The standard InChI is InChI=1S/C9H14/c1-4-5-6-7-8-9(2)3/h4,9H,1,5-6H2,2-3H3. The van der Waals surface area contributed by atoms with E-state index in [1.54, 1.807) is 0 Å². The van der Waals surface area contributed by atoms with E-state index in [-0.39, 0.29) is 0 Å². The topological polar surface area (TPSA) is 0 Å². The van der Waals surface area contributed by atoms with Gasteiger partial charge in [-0.25, -0.2) is 0 Å². The zero-order valence-electron chi connectivity index (χ0n) is 6.28. The molecule has 0 rings (SSSR count). The molecule has 0 bridgehead atoms. The van der Waals surface area contributed by atoms with Gasteiger partial charge < -0.3 is 0 Å². The van der Waals surface area contributed by atoms with Crippen LogP contribution in [0.3, 0.4) is 0 Å². The van der Waals surface area contributed by atoms with E-state index in [2.05, 4.69) is 32.3 Å². The van der Waals surface area contributed by atoms with Gasteiger partial charge in [0.25, 0.3) is 0 Å². The molecule has 0 saturated heterocycles. The summed E-state index contributed by atoms with van der Waals surface area (Å²) in [7, 11) is 0. The van der Waals surface area contributed by atoms with Crippen molar-refractivity contribution >= 4 is 0 Å². The molecule has 0 unspecified atom stereocenters. The fourth-order valence-corrected chi connectivity index (χ4v) is 0.451. The molecular formula is C9H14. The monoisotopic (exact) mass is 122 g/mol. The highest BCUT2D eigenvalue weighted by Crippen LogP contribution is 1.89. The Morgan fingerprint density at radius 2 is 2.22 bits per heavy atom. The van der Waals surface area contributed by atoms with Crippen molar-refractivity contribution in [2.45, 2.75) is 26.7 Å². The van der Waals surface area contributed by atoms with E-state index < -0.39 is 0 Å². The van der Waals surface area contributed by atoms with Crippen LogP contribution >= 0.6 is 0 Å². The second-order valence-corrected chi connectivity index (χ2v) is 2.30. The molecule has 0 nitrogen and oxygen atoms in total. The van der Waals surface area contributed by atoms with Crippen LogP contribution < -0.4 is 0 Å². The smallest absolute Gasteiger partial charge is 0.0146 e. The van der Waals surface area contributed by atoms with Gasteiger partial charge in [0.1, 0.15) is 0 Å². The fourth-order valence-electron chi connectivity index (χ4n) is 0.451. The van der Waals surface area contributed by atoms with Crippen LogP contribution in [-0.2, 0) is 0 Å². The molecule has 0 atom stereocenters. The lowest BCUT2D eigenvalue weighted by atomic mass is 10.2. The van der Waals surface area contributed by atoms with Crippen molar-refractivity contribution in [2.75, 3.05) is 0 Å². The zero-order valence-corrected chi connectivity index (χ0v) is 6.28. The van der Waals surface area contributed by atoms with Crippen LogP contribution in [0.25, 0.3) is 0 Å². The maximum atomic E-state index is 3.61. The van der Waals surface area contributed by atoms with Crippen LogP contribution in [-0.4, -0.2) is 0 Å². The van der Waals surface area contributed by atoms with Crippen molar-refractivity contribution in [2.24, 2.45) is 5.92 Å². The van der Waals surface area contributed by atoms with Crippen LogP contribution in [0.1, 0.15) is 26.7 Å². The van der Waals surface area contributed by atoms with Crippen molar-refractivity contribution in [3.63, 3.8) is 0 Å². The molecule has 0 aliphatic carbocycles. The third kappa shape index (κ3) is 7.30. The van der Waals surface area contributed by atoms with Gasteiger partial charge in [0.05, 0.1) is 0 Å². The SMILES string of the molecule is C=CCCC#CC(C)C. The average molecular weight is 122 g/mol. The Balaban J connectivity index is 3.26. The Hall–Kier alpha value is -0.700. The summed E-state index contributed by atoms with van der Waals surface area (Å²) in [5.41, 5.74) is 0. The number of allylic oxidation sites excluding steroid dienone is 1. The first-order chi connectivity index (χ1) is 4.27. The summed E-state index contributed by atoms with van der Waals surface area (Å²) < 4.78 is 0. The molecule has 50 valence electrons. The normalized spacial score (nSPS) is 8.33. The van der Waals surface area contributed by atoms with Gasteiger partial charge in [-0.1, -0.05) is 19.9 Å². The minimum absolute atomic E-state index is 0.509. The van der Waals surface area contributed by atoms with Crippen molar-refractivity contribution in [3.05, 3.63) is 12.7 Å². The molecular weight excluding hydrogens is 108 g/mol. The molecule has 0 radical (unpaired) electrons. The summed E-state index contributed by atoms with van der Waals surface area (Å²) in [5, 5.41) is 0. The van der Waals surface area contributed by atoms with Crippen LogP contribution in [0.4, 0.5) is 0 Å². The van der Waals surface area contributed by atoms with E-state index in [0.717, 1.165) is 12.8 Å². The lowest BCUT2D eigenvalue weighted by Gasteiger charge is -1.85. The Morgan fingerprint density at radius 3 is 2.67 bits per heavy atom.